The van der Waals surface area contributed by atoms with E-state index in [9.17, 15) is 9.90 Å². The average Bonchev–Trinajstić information content (AvgIpc) is 2.60. The lowest BCUT2D eigenvalue weighted by Crippen LogP contribution is -2.30. The predicted molar refractivity (Wildman–Crippen MR) is 61.9 cm³/mol. The van der Waals surface area contributed by atoms with Crippen molar-refractivity contribution in [1.29, 1.82) is 0 Å². The quantitative estimate of drug-likeness (QED) is 0.819. The van der Waals surface area contributed by atoms with Crippen LogP contribution in [0.15, 0.2) is 28.7 Å². The molecule has 0 atom stereocenters. The van der Waals surface area contributed by atoms with E-state index in [0.29, 0.717) is 10.6 Å². The summed E-state index contributed by atoms with van der Waals surface area (Å²) in [6.45, 7) is 2.84. The molecule has 1 aromatic heterocycles. The minimum Gasteiger partial charge on any atom is -0.451 e. The molecule has 0 unspecified atom stereocenters. The first-order valence-corrected chi connectivity index (χ1v) is 5.22. The molecule has 2 rings (SSSR count). The fraction of sp³-hybridized carbons (Fsp3) is 0.250. The summed E-state index contributed by atoms with van der Waals surface area (Å²) in [4.78, 5) is 11.8. The van der Waals surface area contributed by atoms with Crippen molar-refractivity contribution in [3.8, 4) is 0 Å². The Morgan fingerprint density at radius 3 is 2.69 bits per heavy atom. The van der Waals surface area contributed by atoms with Crippen molar-refractivity contribution >= 4 is 28.4 Å². The Morgan fingerprint density at radius 2 is 2.12 bits per heavy atom. The van der Waals surface area contributed by atoms with Crippen molar-refractivity contribution < 1.29 is 14.3 Å². The second kappa shape index (κ2) is 3.61. The van der Waals surface area contributed by atoms with Gasteiger partial charge in [0.1, 0.15) is 5.60 Å². The number of rotatable bonds is 2. The molecule has 4 heteroatoms. The number of halogens is 1. The fourth-order valence-corrected chi connectivity index (χ4v) is 1.66. The third kappa shape index (κ3) is 1.84. The van der Waals surface area contributed by atoms with E-state index < -0.39 is 11.4 Å². The van der Waals surface area contributed by atoms with Crippen LogP contribution in [0, 0.1) is 0 Å². The summed E-state index contributed by atoms with van der Waals surface area (Å²) in [5, 5.41) is 10.8. The van der Waals surface area contributed by atoms with Crippen molar-refractivity contribution in [3.63, 3.8) is 0 Å². The third-order valence-electron chi connectivity index (χ3n) is 2.28. The van der Waals surface area contributed by atoms with E-state index in [-0.39, 0.29) is 5.76 Å². The summed E-state index contributed by atoms with van der Waals surface area (Å²) in [7, 11) is 0. The number of benzene rings is 1. The lowest BCUT2D eigenvalue weighted by atomic mass is 10.0. The number of aliphatic hydroxyl groups is 1. The van der Waals surface area contributed by atoms with Crippen LogP contribution in [0.2, 0.25) is 5.02 Å². The highest BCUT2D eigenvalue weighted by atomic mass is 35.5. The number of fused-ring (bicyclic) bond motifs is 1. The van der Waals surface area contributed by atoms with Crippen LogP contribution in [-0.2, 0) is 0 Å². The van der Waals surface area contributed by atoms with E-state index >= 15 is 0 Å². The minimum atomic E-state index is -1.44. The van der Waals surface area contributed by atoms with Crippen molar-refractivity contribution in [3.05, 3.63) is 35.0 Å². The number of Topliss-reactive ketones (excluding diaryl/α,β-unsaturated/α-hetero) is 1. The van der Waals surface area contributed by atoms with E-state index in [1.807, 2.05) is 0 Å². The lowest BCUT2D eigenvalue weighted by molar-refractivity contribution is 0.0461. The number of carbonyl (C=O) groups excluding carboxylic acids is 1. The van der Waals surface area contributed by atoms with Crippen molar-refractivity contribution in [2.24, 2.45) is 0 Å². The Balaban J connectivity index is 2.56. The second-order valence-corrected chi connectivity index (χ2v) is 4.56. The number of hydrogen-bond acceptors (Lipinski definition) is 3. The van der Waals surface area contributed by atoms with Crippen LogP contribution < -0.4 is 0 Å². The van der Waals surface area contributed by atoms with Crippen LogP contribution in [0.3, 0.4) is 0 Å². The second-order valence-electron chi connectivity index (χ2n) is 4.16. The molecular formula is C12H11ClO3. The maximum absolute atomic E-state index is 11.8. The molecule has 0 bridgehead atoms. The normalized spacial score (nSPS) is 12.0. The maximum atomic E-state index is 11.8. The SMILES string of the molecule is CC(C)(O)C(=O)c1cc2cccc(Cl)c2o1. The van der Waals surface area contributed by atoms with Gasteiger partial charge in [-0.05, 0) is 26.0 Å². The highest BCUT2D eigenvalue weighted by Gasteiger charge is 2.28. The molecule has 0 saturated carbocycles. The Hall–Kier alpha value is -1.32. The van der Waals surface area contributed by atoms with Crippen molar-refractivity contribution in [2.45, 2.75) is 19.4 Å². The summed E-state index contributed by atoms with van der Waals surface area (Å²) in [6, 6.07) is 6.84. The molecule has 16 heavy (non-hydrogen) atoms. The molecule has 84 valence electrons. The topological polar surface area (TPSA) is 50.4 Å². The van der Waals surface area contributed by atoms with Gasteiger partial charge in [0.15, 0.2) is 11.3 Å². The van der Waals surface area contributed by atoms with Gasteiger partial charge in [0, 0.05) is 5.39 Å². The summed E-state index contributed by atoms with van der Waals surface area (Å²) < 4.78 is 5.35. The van der Waals surface area contributed by atoms with Gasteiger partial charge in [0.2, 0.25) is 5.78 Å². The van der Waals surface area contributed by atoms with Gasteiger partial charge < -0.3 is 9.52 Å². The van der Waals surface area contributed by atoms with E-state index in [1.54, 1.807) is 24.3 Å². The minimum absolute atomic E-state index is 0.121. The number of furan rings is 1. The monoisotopic (exact) mass is 238 g/mol. The highest BCUT2D eigenvalue weighted by molar-refractivity contribution is 6.34. The zero-order valence-corrected chi connectivity index (χ0v) is 9.71. The van der Waals surface area contributed by atoms with Gasteiger partial charge in [-0.25, -0.2) is 0 Å². The molecule has 0 fully saturated rings. The van der Waals surface area contributed by atoms with Crippen LogP contribution in [-0.4, -0.2) is 16.5 Å². The molecule has 2 aromatic rings. The Kier molecular flexibility index (Phi) is 2.52. The number of ketones is 1. The van der Waals surface area contributed by atoms with Gasteiger partial charge in [-0.2, -0.15) is 0 Å². The maximum Gasteiger partial charge on any atom is 0.228 e. The summed E-state index contributed by atoms with van der Waals surface area (Å²) in [6.07, 6.45) is 0. The third-order valence-corrected chi connectivity index (χ3v) is 2.57. The van der Waals surface area contributed by atoms with Crippen LogP contribution in [0.25, 0.3) is 11.0 Å². The molecule has 0 saturated heterocycles. The van der Waals surface area contributed by atoms with Gasteiger partial charge >= 0.3 is 0 Å². The molecule has 0 aliphatic carbocycles. The summed E-state index contributed by atoms with van der Waals surface area (Å²) >= 11 is 5.92. The van der Waals surface area contributed by atoms with Gasteiger partial charge in [-0.1, -0.05) is 23.7 Å². The predicted octanol–water partition coefficient (Wildman–Crippen LogP) is 3.04. The van der Waals surface area contributed by atoms with E-state index in [0.717, 1.165) is 5.39 Å². The van der Waals surface area contributed by atoms with Gasteiger partial charge in [0.25, 0.3) is 0 Å². The smallest absolute Gasteiger partial charge is 0.228 e. The van der Waals surface area contributed by atoms with Gasteiger partial charge in [-0.3, -0.25) is 4.79 Å². The molecular weight excluding hydrogens is 228 g/mol. The van der Waals surface area contributed by atoms with E-state index in [2.05, 4.69) is 0 Å². The first-order valence-electron chi connectivity index (χ1n) is 4.85. The van der Waals surface area contributed by atoms with E-state index in [1.165, 1.54) is 13.8 Å². The lowest BCUT2D eigenvalue weighted by Gasteiger charge is -2.12. The number of carbonyl (C=O) groups is 1. The molecule has 1 N–H and O–H groups in total. The highest BCUT2D eigenvalue weighted by Crippen LogP contribution is 2.28. The van der Waals surface area contributed by atoms with Gasteiger partial charge in [0.05, 0.1) is 5.02 Å². The molecule has 1 heterocycles. The van der Waals surface area contributed by atoms with Crippen LogP contribution in [0.1, 0.15) is 24.4 Å². The molecule has 0 radical (unpaired) electrons. The molecule has 1 aromatic carbocycles. The summed E-state index contributed by atoms with van der Waals surface area (Å²) in [5.41, 5.74) is -0.975. The number of hydrogen-bond donors (Lipinski definition) is 1. The Labute approximate surface area is 97.6 Å². The zero-order valence-electron chi connectivity index (χ0n) is 8.95. The first-order chi connectivity index (χ1) is 7.39. The van der Waals surface area contributed by atoms with Crippen molar-refractivity contribution in [1.82, 2.24) is 0 Å². The molecule has 0 spiro atoms. The van der Waals surface area contributed by atoms with Crippen LogP contribution in [0.5, 0.6) is 0 Å². The standard InChI is InChI=1S/C12H11ClO3/c1-12(2,15)11(14)9-6-7-4-3-5-8(13)10(7)16-9/h3-6,15H,1-2H3. The molecule has 0 aliphatic heterocycles. The Morgan fingerprint density at radius 1 is 1.44 bits per heavy atom. The largest absolute Gasteiger partial charge is 0.451 e. The van der Waals surface area contributed by atoms with Crippen LogP contribution >= 0.6 is 11.6 Å². The Bertz CT molecular complexity index is 549. The van der Waals surface area contributed by atoms with E-state index in [4.69, 9.17) is 16.0 Å². The van der Waals surface area contributed by atoms with Crippen LogP contribution in [0.4, 0.5) is 0 Å². The molecule has 0 amide bonds. The van der Waals surface area contributed by atoms with Gasteiger partial charge in [-0.15, -0.1) is 0 Å². The fourth-order valence-electron chi connectivity index (χ4n) is 1.44. The van der Waals surface area contributed by atoms with Crippen molar-refractivity contribution in [2.75, 3.05) is 0 Å². The molecule has 0 aliphatic rings. The molecule has 3 nitrogen and oxygen atoms in total. The zero-order chi connectivity index (χ0) is 11.9. The summed E-state index contributed by atoms with van der Waals surface area (Å²) in [5.74, 6) is -0.338. The first kappa shape index (κ1) is 11.2. The number of para-hydroxylation sites is 1. The average molecular weight is 239 g/mol.